The average Bonchev–Trinajstić information content (AvgIpc) is 2.73. The van der Waals surface area contributed by atoms with E-state index in [4.69, 9.17) is 11.6 Å². The fraction of sp³-hybridized carbons (Fsp3) is 0.333. The SMILES string of the molecule is CC(C)(C)c1nc(-c2cccs2)nc(Cl)c1I. The number of thiophene rings is 1. The Balaban J connectivity index is 2.62. The van der Waals surface area contributed by atoms with Gasteiger partial charge in [0.1, 0.15) is 5.15 Å². The van der Waals surface area contributed by atoms with Gasteiger partial charge in [-0.05, 0) is 34.0 Å². The molecule has 2 aromatic heterocycles. The maximum atomic E-state index is 6.19. The van der Waals surface area contributed by atoms with E-state index >= 15 is 0 Å². The molecule has 0 saturated heterocycles. The van der Waals surface area contributed by atoms with Gasteiger partial charge in [0, 0.05) is 5.41 Å². The molecule has 0 fully saturated rings. The zero-order chi connectivity index (χ0) is 12.6. The van der Waals surface area contributed by atoms with Gasteiger partial charge in [-0.3, -0.25) is 0 Å². The summed E-state index contributed by atoms with van der Waals surface area (Å²) in [4.78, 5) is 10.1. The van der Waals surface area contributed by atoms with Crippen molar-refractivity contribution in [2.45, 2.75) is 26.2 Å². The smallest absolute Gasteiger partial charge is 0.171 e. The van der Waals surface area contributed by atoms with Crippen molar-refractivity contribution in [3.8, 4) is 10.7 Å². The van der Waals surface area contributed by atoms with Crippen molar-refractivity contribution in [1.82, 2.24) is 9.97 Å². The van der Waals surface area contributed by atoms with Crippen LogP contribution in [0.3, 0.4) is 0 Å². The highest BCUT2D eigenvalue weighted by atomic mass is 127. The Bertz CT molecular complexity index is 532. The Morgan fingerprint density at radius 1 is 1.29 bits per heavy atom. The lowest BCUT2D eigenvalue weighted by Crippen LogP contribution is -2.17. The molecule has 0 atom stereocenters. The number of hydrogen-bond acceptors (Lipinski definition) is 3. The zero-order valence-corrected chi connectivity index (χ0v) is 13.5. The molecule has 17 heavy (non-hydrogen) atoms. The van der Waals surface area contributed by atoms with Crippen LogP contribution in [0.25, 0.3) is 10.7 Å². The summed E-state index contributed by atoms with van der Waals surface area (Å²) < 4.78 is 0.942. The Labute approximate surface area is 124 Å². The number of halogens is 2. The molecule has 0 aromatic carbocycles. The van der Waals surface area contributed by atoms with Crippen LogP contribution in [0, 0.1) is 3.57 Å². The Kier molecular flexibility index (Phi) is 3.75. The Hall–Kier alpha value is -0.200. The van der Waals surface area contributed by atoms with E-state index in [0.29, 0.717) is 5.15 Å². The minimum Gasteiger partial charge on any atom is -0.231 e. The van der Waals surface area contributed by atoms with Crippen molar-refractivity contribution >= 4 is 45.5 Å². The highest BCUT2D eigenvalue weighted by Crippen LogP contribution is 2.32. The number of rotatable bonds is 1. The summed E-state index contributed by atoms with van der Waals surface area (Å²) in [6.45, 7) is 6.39. The summed E-state index contributed by atoms with van der Waals surface area (Å²) in [5.74, 6) is 0.718. The molecule has 0 aliphatic rings. The molecular formula is C12H12ClIN2S. The molecule has 0 saturated carbocycles. The number of aromatic nitrogens is 2. The minimum atomic E-state index is -0.0326. The molecule has 2 nitrogen and oxygen atoms in total. The Morgan fingerprint density at radius 2 is 2.00 bits per heavy atom. The van der Waals surface area contributed by atoms with Crippen LogP contribution in [0.1, 0.15) is 26.5 Å². The van der Waals surface area contributed by atoms with Gasteiger partial charge in [0.2, 0.25) is 0 Å². The van der Waals surface area contributed by atoms with E-state index in [1.165, 1.54) is 0 Å². The summed E-state index contributed by atoms with van der Waals surface area (Å²) in [7, 11) is 0. The lowest BCUT2D eigenvalue weighted by atomic mass is 9.92. The van der Waals surface area contributed by atoms with Gasteiger partial charge in [-0.15, -0.1) is 11.3 Å². The molecule has 5 heteroatoms. The lowest BCUT2D eigenvalue weighted by molar-refractivity contribution is 0.564. The molecule has 0 aliphatic carbocycles. The predicted molar refractivity (Wildman–Crippen MR) is 81.8 cm³/mol. The third-order valence-corrected chi connectivity index (χ3v) is 4.74. The first-order valence-electron chi connectivity index (χ1n) is 5.17. The molecule has 0 aliphatic heterocycles. The van der Waals surface area contributed by atoms with Gasteiger partial charge in [0.15, 0.2) is 5.82 Å². The quantitative estimate of drug-likeness (QED) is 0.528. The maximum absolute atomic E-state index is 6.19. The second kappa shape index (κ2) is 4.82. The van der Waals surface area contributed by atoms with E-state index < -0.39 is 0 Å². The fourth-order valence-corrected chi connectivity index (χ4v) is 3.31. The molecule has 2 heterocycles. The standard InChI is InChI=1S/C12H12ClIN2S/c1-12(2,3)9-8(14)10(13)16-11(15-9)7-5-4-6-17-7/h4-6H,1-3H3. The normalized spacial score (nSPS) is 11.8. The van der Waals surface area contributed by atoms with Crippen molar-refractivity contribution in [1.29, 1.82) is 0 Å². The van der Waals surface area contributed by atoms with Crippen molar-refractivity contribution in [2.24, 2.45) is 0 Å². The summed E-state index contributed by atoms with van der Waals surface area (Å²) in [5, 5.41) is 2.55. The first-order valence-corrected chi connectivity index (χ1v) is 7.50. The highest BCUT2D eigenvalue weighted by Gasteiger charge is 2.23. The van der Waals surface area contributed by atoms with Gasteiger partial charge >= 0.3 is 0 Å². The molecule has 2 aromatic rings. The van der Waals surface area contributed by atoms with Gasteiger partial charge in [0.25, 0.3) is 0 Å². The van der Waals surface area contributed by atoms with E-state index in [2.05, 4.69) is 53.3 Å². The monoisotopic (exact) mass is 378 g/mol. The van der Waals surface area contributed by atoms with Crippen LogP contribution in [0.5, 0.6) is 0 Å². The third-order valence-electron chi connectivity index (χ3n) is 2.26. The van der Waals surface area contributed by atoms with Crippen LogP contribution in [0.2, 0.25) is 5.15 Å². The average molecular weight is 379 g/mol. The fourth-order valence-electron chi connectivity index (χ4n) is 1.43. The van der Waals surface area contributed by atoms with Crippen LogP contribution in [-0.4, -0.2) is 9.97 Å². The molecule has 2 rings (SSSR count). The topological polar surface area (TPSA) is 25.8 Å². The molecule has 0 amide bonds. The van der Waals surface area contributed by atoms with E-state index in [0.717, 1.165) is 20.0 Å². The maximum Gasteiger partial charge on any atom is 0.171 e. The van der Waals surface area contributed by atoms with Crippen molar-refractivity contribution in [2.75, 3.05) is 0 Å². The summed E-state index contributed by atoms with van der Waals surface area (Å²) in [6.07, 6.45) is 0. The van der Waals surface area contributed by atoms with Crippen LogP contribution < -0.4 is 0 Å². The summed E-state index contributed by atoms with van der Waals surface area (Å²) >= 11 is 10.0. The van der Waals surface area contributed by atoms with Crippen molar-refractivity contribution < 1.29 is 0 Å². The van der Waals surface area contributed by atoms with E-state index in [1.807, 2.05) is 17.5 Å². The molecule has 0 bridgehead atoms. The largest absolute Gasteiger partial charge is 0.231 e. The number of hydrogen-bond donors (Lipinski definition) is 0. The van der Waals surface area contributed by atoms with Gasteiger partial charge in [-0.2, -0.15) is 0 Å². The van der Waals surface area contributed by atoms with E-state index in [-0.39, 0.29) is 5.41 Å². The second-order valence-corrected chi connectivity index (χ2v) is 7.11. The van der Waals surface area contributed by atoms with Gasteiger partial charge in [-0.1, -0.05) is 38.4 Å². The third kappa shape index (κ3) is 2.80. The molecule has 0 spiro atoms. The van der Waals surface area contributed by atoms with Crippen LogP contribution in [0.4, 0.5) is 0 Å². The first-order chi connectivity index (χ1) is 7.89. The van der Waals surface area contributed by atoms with Crippen molar-refractivity contribution in [3.63, 3.8) is 0 Å². The predicted octanol–water partition coefficient (Wildman–Crippen LogP) is 4.76. The second-order valence-electron chi connectivity index (χ2n) is 4.73. The van der Waals surface area contributed by atoms with Crippen LogP contribution in [0.15, 0.2) is 17.5 Å². The van der Waals surface area contributed by atoms with Crippen LogP contribution >= 0.6 is 45.5 Å². The zero-order valence-electron chi connectivity index (χ0n) is 9.79. The van der Waals surface area contributed by atoms with E-state index in [9.17, 15) is 0 Å². The lowest BCUT2D eigenvalue weighted by Gasteiger charge is -2.20. The van der Waals surface area contributed by atoms with Crippen LogP contribution in [-0.2, 0) is 5.41 Å². The molecule has 0 radical (unpaired) electrons. The summed E-state index contributed by atoms with van der Waals surface area (Å²) in [5.41, 5.74) is 0.969. The minimum absolute atomic E-state index is 0.0326. The highest BCUT2D eigenvalue weighted by molar-refractivity contribution is 14.1. The first kappa shape index (κ1) is 13.2. The molecule has 0 N–H and O–H groups in total. The van der Waals surface area contributed by atoms with E-state index in [1.54, 1.807) is 11.3 Å². The van der Waals surface area contributed by atoms with Gasteiger partial charge < -0.3 is 0 Å². The molecule has 90 valence electrons. The number of nitrogens with zero attached hydrogens (tertiary/aromatic N) is 2. The van der Waals surface area contributed by atoms with Gasteiger partial charge in [0.05, 0.1) is 14.1 Å². The Morgan fingerprint density at radius 3 is 2.53 bits per heavy atom. The molecule has 0 unspecified atom stereocenters. The summed E-state index contributed by atoms with van der Waals surface area (Å²) in [6, 6.07) is 4.00. The van der Waals surface area contributed by atoms with Gasteiger partial charge in [-0.25, -0.2) is 9.97 Å². The molecular weight excluding hydrogens is 367 g/mol. The van der Waals surface area contributed by atoms with Crippen molar-refractivity contribution in [3.05, 3.63) is 31.9 Å².